The lowest BCUT2D eigenvalue weighted by Crippen LogP contribution is -2.30. The summed E-state index contributed by atoms with van der Waals surface area (Å²) in [5, 5.41) is 8.26. The molecule has 0 atom stereocenters. The van der Waals surface area contributed by atoms with Crippen LogP contribution in [0, 0.1) is 0 Å². The van der Waals surface area contributed by atoms with E-state index in [1.165, 1.54) is 16.0 Å². The van der Waals surface area contributed by atoms with Gasteiger partial charge in [0.2, 0.25) is 5.91 Å². The van der Waals surface area contributed by atoms with Gasteiger partial charge in [-0.1, -0.05) is 23.5 Å². The van der Waals surface area contributed by atoms with Crippen molar-refractivity contribution in [3.05, 3.63) is 57.3 Å². The Bertz CT molecular complexity index is 951. The minimum Gasteiger partial charge on any atom is -0.343 e. The van der Waals surface area contributed by atoms with Crippen molar-refractivity contribution in [2.75, 3.05) is 16.8 Å². The second-order valence-electron chi connectivity index (χ2n) is 6.26. The largest absolute Gasteiger partial charge is 0.343 e. The van der Waals surface area contributed by atoms with Crippen LogP contribution in [0.15, 0.2) is 41.3 Å². The number of nitrogens with one attached hydrogen (secondary N) is 1. The second kappa shape index (κ2) is 7.20. The van der Waals surface area contributed by atoms with E-state index in [1.54, 1.807) is 24.5 Å². The summed E-state index contributed by atoms with van der Waals surface area (Å²) in [4.78, 5) is 19.5. The standard InChI is InChI=1S/C18H18BrN5OS/c1-12(25)22-17-4-2-3-13-9-23(6-5-16(13)17)18-20-8-15(26-18)11-24-10-14(19)7-21-24/h2-4,7-8,10H,5-6,9,11H2,1H3,(H,22,25). The third-order valence-electron chi connectivity index (χ3n) is 4.31. The number of carbonyl (C=O) groups excluding carboxylic acids is 1. The molecule has 0 spiro atoms. The Labute approximate surface area is 164 Å². The van der Waals surface area contributed by atoms with Crippen LogP contribution in [0.25, 0.3) is 0 Å². The van der Waals surface area contributed by atoms with Gasteiger partial charge in [-0.15, -0.1) is 0 Å². The van der Waals surface area contributed by atoms with Crippen LogP contribution in [-0.2, 0) is 24.3 Å². The number of hydrogen-bond donors (Lipinski definition) is 1. The SMILES string of the molecule is CC(=O)Nc1cccc2c1CCN(c1ncc(Cn3cc(Br)cn3)s1)C2. The van der Waals surface area contributed by atoms with Gasteiger partial charge in [0.05, 0.1) is 17.2 Å². The Morgan fingerprint density at radius 3 is 3.04 bits per heavy atom. The lowest BCUT2D eigenvalue weighted by molar-refractivity contribution is -0.114. The van der Waals surface area contributed by atoms with Crippen molar-refractivity contribution in [2.45, 2.75) is 26.4 Å². The van der Waals surface area contributed by atoms with E-state index in [-0.39, 0.29) is 5.91 Å². The summed E-state index contributed by atoms with van der Waals surface area (Å²) in [7, 11) is 0. The molecule has 0 saturated carbocycles. The number of amides is 1. The number of nitrogens with zero attached hydrogens (tertiary/aromatic N) is 4. The first-order valence-corrected chi connectivity index (χ1v) is 9.95. The van der Waals surface area contributed by atoms with Gasteiger partial charge in [0.1, 0.15) is 0 Å². The van der Waals surface area contributed by atoms with E-state index in [4.69, 9.17) is 0 Å². The Balaban J connectivity index is 1.50. The number of anilines is 2. The van der Waals surface area contributed by atoms with Gasteiger partial charge >= 0.3 is 0 Å². The van der Waals surface area contributed by atoms with Crippen molar-refractivity contribution in [1.82, 2.24) is 14.8 Å². The third-order valence-corrected chi connectivity index (χ3v) is 5.76. The second-order valence-corrected chi connectivity index (χ2v) is 8.27. The average Bonchev–Trinajstić information content (AvgIpc) is 3.24. The number of benzene rings is 1. The predicted octanol–water partition coefficient (Wildman–Crippen LogP) is 3.67. The average molecular weight is 432 g/mol. The number of hydrogen-bond acceptors (Lipinski definition) is 5. The summed E-state index contributed by atoms with van der Waals surface area (Å²) >= 11 is 5.12. The molecule has 1 aromatic carbocycles. The molecular formula is C18H18BrN5OS. The fraction of sp³-hybridized carbons (Fsp3) is 0.278. The van der Waals surface area contributed by atoms with Crippen LogP contribution in [0.4, 0.5) is 10.8 Å². The van der Waals surface area contributed by atoms with Crippen molar-refractivity contribution in [3.63, 3.8) is 0 Å². The van der Waals surface area contributed by atoms with Crippen LogP contribution >= 0.6 is 27.3 Å². The van der Waals surface area contributed by atoms with Crippen molar-refractivity contribution >= 4 is 44.0 Å². The highest BCUT2D eigenvalue weighted by Gasteiger charge is 2.21. The van der Waals surface area contributed by atoms with E-state index >= 15 is 0 Å². The molecule has 0 aliphatic carbocycles. The van der Waals surface area contributed by atoms with E-state index in [9.17, 15) is 4.79 Å². The van der Waals surface area contributed by atoms with Crippen LogP contribution in [-0.4, -0.2) is 27.2 Å². The number of carbonyl (C=O) groups is 1. The van der Waals surface area contributed by atoms with Crippen molar-refractivity contribution in [3.8, 4) is 0 Å². The van der Waals surface area contributed by atoms with E-state index in [2.05, 4.69) is 42.3 Å². The third kappa shape index (κ3) is 3.66. The van der Waals surface area contributed by atoms with Crippen LogP contribution < -0.4 is 10.2 Å². The summed E-state index contributed by atoms with van der Waals surface area (Å²) in [6.07, 6.45) is 6.57. The molecule has 3 aromatic rings. The summed E-state index contributed by atoms with van der Waals surface area (Å²) < 4.78 is 2.87. The maximum absolute atomic E-state index is 11.4. The zero-order chi connectivity index (χ0) is 18.1. The number of aromatic nitrogens is 3. The predicted molar refractivity (Wildman–Crippen MR) is 107 cm³/mol. The molecule has 1 aliphatic heterocycles. The molecule has 2 aromatic heterocycles. The van der Waals surface area contributed by atoms with E-state index < -0.39 is 0 Å². The maximum Gasteiger partial charge on any atom is 0.221 e. The van der Waals surface area contributed by atoms with E-state index in [1.807, 2.05) is 29.2 Å². The Hall–Kier alpha value is -2.19. The first-order chi connectivity index (χ1) is 12.6. The summed E-state index contributed by atoms with van der Waals surface area (Å²) in [6, 6.07) is 6.10. The molecule has 1 amide bonds. The van der Waals surface area contributed by atoms with Crippen molar-refractivity contribution < 1.29 is 4.79 Å². The van der Waals surface area contributed by atoms with Gasteiger partial charge in [-0.3, -0.25) is 9.48 Å². The van der Waals surface area contributed by atoms with Gasteiger partial charge in [-0.05, 0) is 39.5 Å². The number of fused-ring (bicyclic) bond motifs is 1. The molecule has 26 heavy (non-hydrogen) atoms. The summed E-state index contributed by atoms with van der Waals surface area (Å²) in [6.45, 7) is 3.97. The molecule has 0 fully saturated rings. The van der Waals surface area contributed by atoms with Crippen molar-refractivity contribution in [1.29, 1.82) is 0 Å². The van der Waals surface area contributed by atoms with Gasteiger partial charge in [0.25, 0.3) is 0 Å². The molecule has 8 heteroatoms. The monoisotopic (exact) mass is 431 g/mol. The molecular weight excluding hydrogens is 414 g/mol. The molecule has 3 heterocycles. The Kier molecular flexibility index (Phi) is 4.78. The minimum atomic E-state index is -0.0318. The number of rotatable bonds is 4. The van der Waals surface area contributed by atoms with Crippen LogP contribution in [0.2, 0.25) is 0 Å². The Morgan fingerprint density at radius 1 is 1.38 bits per heavy atom. The van der Waals surface area contributed by atoms with Gasteiger partial charge in [-0.25, -0.2) is 4.98 Å². The summed E-state index contributed by atoms with van der Waals surface area (Å²) in [5.74, 6) is -0.0318. The molecule has 0 radical (unpaired) electrons. The smallest absolute Gasteiger partial charge is 0.221 e. The zero-order valence-corrected chi connectivity index (χ0v) is 16.7. The minimum absolute atomic E-state index is 0.0318. The van der Waals surface area contributed by atoms with Crippen molar-refractivity contribution in [2.24, 2.45) is 0 Å². The van der Waals surface area contributed by atoms with E-state index in [0.29, 0.717) is 0 Å². The van der Waals surface area contributed by atoms with Gasteiger partial charge < -0.3 is 10.2 Å². The van der Waals surface area contributed by atoms with Crippen LogP contribution in [0.5, 0.6) is 0 Å². The van der Waals surface area contributed by atoms with Gasteiger partial charge in [0.15, 0.2) is 5.13 Å². The molecule has 0 bridgehead atoms. The number of thiazole rings is 1. The molecule has 134 valence electrons. The molecule has 1 aliphatic rings. The molecule has 0 unspecified atom stereocenters. The fourth-order valence-corrected chi connectivity index (χ4v) is 4.44. The molecule has 4 rings (SSSR count). The highest BCUT2D eigenvalue weighted by molar-refractivity contribution is 9.10. The maximum atomic E-state index is 11.4. The number of halogens is 1. The lowest BCUT2D eigenvalue weighted by Gasteiger charge is -2.29. The van der Waals surface area contributed by atoms with Crippen LogP contribution in [0.3, 0.4) is 0 Å². The molecule has 6 nitrogen and oxygen atoms in total. The highest BCUT2D eigenvalue weighted by atomic mass is 79.9. The zero-order valence-electron chi connectivity index (χ0n) is 14.3. The Morgan fingerprint density at radius 2 is 2.27 bits per heavy atom. The normalized spacial score (nSPS) is 13.5. The summed E-state index contributed by atoms with van der Waals surface area (Å²) in [5.41, 5.74) is 3.41. The molecule has 1 N–H and O–H groups in total. The molecule has 0 saturated heterocycles. The van der Waals surface area contributed by atoms with Gasteiger partial charge in [-0.2, -0.15) is 5.10 Å². The van der Waals surface area contributed by atoms with Gasteiger partial charge in [0, 0.05) is 43.0 Å². The topological polar surface area (TPSA) is 63.1 Å². The fourth-order valence-electron chi connectivity index (χ4n) is 3.18. The first-order valence-electron chi connectivity index (χ1n) is 8.34. The lowest BCUT2D eigenvalue weighted by atomic mass is 9.98. The highest BCUT2D eigenvalue weighted by Crippen LogP contribution is 2.31. The van der Waals surface area contributed by atoms with Crippen LogP contribution in [0.1, 0.15) is 22.9 Å². The first kappa shape index (κ1) is 17.2. The quantitative estimate of drug-likeness (QED) is 0.684. The van der Waals surface area contributed by atoms with E-state index in [0.717, 1.165) is 41.3 Å².